The minimum Gasteiger partial charge on any atom is -0.352 e. The molecular formula is C19H26N2O. The van der Waals surface area contributed by atoms with E-state index in [-0.39, 0.29) is 5.91 Å². The van der Waals surface area contributed by atoms with Crippen LogP contribution in [0.15, 0.2) is 30.3 Å². The standard InChI is InChI=1S/C19H26N2O/c1-13-7-6-9-17(15(13)3)20-19(22)12-21-14(2)11-16-8-4-5-10-18(16)21/h4-5,8,10-11,13,15,17H,6-7,9,12H2,1-3H3,(H,20,22)/t13-,15+,17-/m0/s1. The maximum atomic E-state index is 12.5. The van der Waals surface area contributed by atoms with Gasteiger partial charge in [0.25, 0.3) is 0 Å². The highest BCUT2D eigenvalue weighted by molar-refractivity contribution is 5.84. The molecule has 0 bridgehead atoms. The van der Waals surface area contributed by atoms with Gasteiger partial charge in [0.2, 0.25) is 5.91 Å². The molecule has 3 heteroatoms. The highest BCUT2D eigenvalue weighted by Crippen LogP contribution is 2.29. The summed E-state index contributed by atoms with van der Waals surface area (Å²) in [5, 5.41) is 4.47. The van der Waals surface area contributed by atoms with Crippen molar-refractivity contribution in [2.75, 3.05) is 0 Å². The zero-order valence-corrected chi connectivity index (χ0v) is 13.8. The highest BCUT2D eigenvalue weighted by atomic mass is 16.2. The molecule has 1 heterocycles. The lowest BCUT2D eigenvalue weighted by atomic mass is 9.78. The van der Waals surface area contributed by atoms with Crippen LogP contribution in [0.4, 0.5) is 0 Å². The summed E-state index contributed by atoms with van der Waals surface area (Å²) in [7, 11) is 0. The Morgan fingerprint density at radius 3 is 2.86 bits per heavy atom. The fraction of sp³-hybridized carbons (Fsp3) is 0.526. The number of aryl methyl sites for hydroxylation is 1. The normalized spacial score (nSPS) is 25.3. The Morgan fingerprint density at radius 1 is 1.27 bits per heavy atom. The van der Waals surface area contributed by atoms with Crippen molar-refractivity contribution in [2.45, 2.75) is 52.6 Å². The maximum absolute atomic E-state index is 12.5. The van der Waals surface area contributed by atoms with E-state index in [1.165, 1.54) is 18.2 Å². The number of fused-ring (bicyclic) bond motifs is 1. The SMILES string of the molecule is Cc1cc2ccccc2n1CC(=O)N[C@H]1CCC[C@H](C)[C@H]1C. The van der Waals surface area contributed by atoms with Gasteiger partial charge in [0.15, 0.2) is 0 Å². The van der Waals surface area contributed by atoms with Gasteiger partial charge in [-0.3, -0.25) is 4.79 Å². The van der Waals surface area contributed by atoms with Crippen LogP contribution in [0.25, 0.3) is 10.9 Å². The van der Waals surface area contributed by atoms with Gasteiger partial charge in [-0.2, -0.15) is 0 Å². The topological polar surface area (TPSA) is 34.0 Å². The van der Waals surface area contributed by atoms with Crippen molar-refractivity contribution in [3.05, 3.63) is 36.0 Å². The van der Waals surface area contributed by atoms with E-state index in [9.17, 15) is 4.79 Å². The van der Waals surface area contributed by atoms with Crippen molar-refractivity contribution in [3.63, 3.8) is 0 Å². The number of hydrogen-bond acceptors (Lipinski definition) is 1. The van der Waals surface area contributed by atoms with Crippen LogP contribution in [0.2, 0.25) is 0 Å². The summed E-state index contributed by atoms with van der Waals surface area (Å²) in [6.07, 6.45) is 3.62. The van der Waals surface area contributed by atoms with Gasteiger partial charge in [-0.25, -0.2) is 0 Å². The molecule has 1 N–H and O–H groups in total. The van der Waals surface area contributed by atoms with Gasteiger partial charge in [-0.05, 0) is 42.7 Å². The van der Waals surface area contributed by atoms with Gasteiger partial charge in [0.1, 0.15) is 6.54 Å². The molecule has 118 valence electrons. The van der Waals surface area contributed by atoms with Crippen molar-refractivity contribution in [1.29, 1.82) is 0 Å². The first kappa shape index (κ1) is 15.1. The smallest absolute Gasteiger partial charge is 0.240 e. The van der Waals surface area contributed by atoms with Crippen LogP contribution in [-0.4, -0.2) is 16.5 Å². The summed E-state index contributed by atoms with van der Waals surface area (Å²) in [6, 6.07) is 10.7. The molecule has 22 heavy (non-hydrogen) atoms. The molecule has 1 aliphatic rings. The van der Waals surface area contributed by atoms with Crippen LogP contribution in [0, 0.1) is 18.8 Å². The van der Waals surface area contributed by atoms with Crippen molar-refractivity contribution >= 4 is 16.8 Å². The molecule has 3 rings (SSSR count). The van der Waals surface area contributed by atoms with Crippen molar-refractivity contribution in [1.82, 2.24) is 9.88 Å². The molecule has 3 atom stereocenters. The van der Waals surface area contributed by atoms with Gasteiger partial charge in [0, 0.05) is 17.3 Å². The van der Waals surface area contributed by atoms with E-state index in [1.807, 2.05) is 12.1 Å². The maximum Gasteiger partial charge on any atom is 0.240 e. The Bertz CT molecular complexity index is 673. The number of nitrogens with zero attached hydrogens (tertiary/aromatic N) is 1. The third-order valence-corrected chi connectivity index (χ3v) is 5.37. The second kappa shape index (κ2) is 6.15. The molecule has 0 aliphatic heterocycles. The van der Waals surface area contributed by atoms with Gasteiger partial charge in [0.05, 0.1) is 0 Å². The molecule has 1 fully saturated rings. The lowest BCUT2D eigenvalue weighted by Crippen LogP contribution is -2.44. The molecular weight excluding hydrogens is 272 g/mol. The lowest BCUT2D eigenvalue weighted by Gasteiger charge is -2.34. The minimum absolute atomic E-state index is 0.135. The number of nitrogens with one attached hydrogen (secondary N) is 1. The second-order valence-corrected chi connectivity index (χ2v) is 6.87. The summed E-state index contributed by atoms with van der Waals surface area (Å²) in [5.41, 5.74) is 2.28. The van der Waals surface area contributed by atoms with Gasteiger partial charge in [-0.1, -0.05) is 44.9 Å². The van der Waals surface area contributed by atoms with Gasteiger partial charge >= 0.3 is 0 Å². The third-order valence-electron chi connectivity index (χ3n) is 5.37. The molecule has 3 nitrogen and oxygen atoms in total. The summed E-state index contributed by atoms with van der Waals surface area (Å²) in [4.78, 5) is 12.5. The van der Waals surface area contributed by atoms with Crippen LogP contribution in [-0.2, 0) is 11.3 Å². The van der Waals surface area contributed by atoms with Crippen LogP contribution >= 0.6 is 0 Å². The summed E-state index contributed by atoms with van der Waals surface area (Å²) in [6.45, 7) is 7.05. The highest BCUT2D eigenvalue weighted by Gasteiger charge is 2.28. The van der Waals surface area contributed by atoms with E-state index in [1.54, 1.807) is 0 Å². The molecule has 0 unspecified atom stereocenters. The molecule has 1 aromatic heterocycles. The summed E-state index contributed by atoms with van der Waals surface area (Å²) < 4.78 is 2.11. The monoisotopic (exact) mass is 298 g/mol. The first-order chi connectivity index (χ1) is 10.6. The predicted octanol–water partition coefficient (Wildman–Crippen LogP) is 3.89. The Kier molecular flexibility index (Phi) is 4.23. The van der Waals surface area contributed by atoms with Crippen LogP contribution in [0.3, 0.4) is 0 Å². The molecule has 1 saturated carbocycles. The minimum atomic E-state index is 0.135. The van der Waals surface area contributed by atoms with Gasteiger partial charge < -0.3 is 9.88 Å². The Morgan fingerprint density at radius 2 is 2.05 bits per heavy atom. The zero-order chi connectivity index (χ0) is 15.7. The average molecular weight is 298 g/mol. The van der Waals surface area contributed by atoms with Crippen LogP contribution < -0.4 is 5.32 Å². The summed E-state index contributed by atoms with van der Waals surface area (Å²) >= 11 is 0. The van der Waals surface area contributed by atoms with E-state index in [4.69, 9.17) is 0 Å². The zero-order valence-electron chi connectivity index (χ0n) is 13.8. The van der Waals surface area contributed by atoms with E-state index < -0.39 is 0 Å². The number of rotatable bonds is 3. The van der Waals surface area contributed by atoms with Crippen LogP contribution in [0.5, 0.6) is 0 Å². The number of carbonyl (C=O) groups excluding carboxylic acids is 1. The number of amides is 1. The van der Waals surface area contributed by atoms with E-state index >= 15 is 0 Å². The van der Waals surface area contributed by atoms with Crippen LogP contribution in [0.1, 0.15) is 38.8 Å². The third kappa shape index (κ3) is 2.90. The number of hydrogen-bond donors (Lipinski definition) is 1. The first-order valence-corrected chi connectivity index (χ1v) is 8.40. The molecule has 1 amide bonds. The second-order valence-electron chi connectivity index (χ2n) is 6.87. The largest absolute Gasteiger partial charge is 0.352 e. The molecule has 2 aromatic rings. The predicted molar refractivity (Wildman–Crippen MR) is 90.8 cm³/mol. The lowest BCUT2D eigenvalue weighted by molar-refractivity contribution is -0.123. The molecule has 1 aromatic carbocycles. The molecule has 0 saturated heterocycles. The molecule has 0 radical (unpaired) electrons. The Balaban J connectivity index is 1.72. The Labute approximate surface area is 132 Å². The quantitative estimate of drug-likeness (QED) is 0.916. The fourth-order valence-corrected chi connectivity index (χ4v) is 3.74. The number of benzene rings is 1. The first-order valence-electron chi connectivity index (χ1n) is 8.40. The molecule has 0 spiro atoms. The number of carbonyl (C=O) groups is 1. The number of para-hydroxylation sites is 1. The fourth-order valence-electron chi connectivity index (χ4n) is 3.74. The van der Waals surface area contributed by atoms with E-state index in [2.05, 4.69) is 48.9 Å². The molecule has 1 aliphatic carbocycles. The Hall–Kier alpha value is -1.77. The number of aromatic nitrogens is 1. The summed E-state index contributed by atoms with van der Waals surface area (Å²) in [5.74, 6) is 1.41. The van der Waals surface area contributed by atoms with Crippen molar-refractivity contribution < 1.29 is 4.79 Å². The average Bonchev–Trinajstić information content (AvgIpc) is 2.80. The van der Waals surface area contributed by atoms with Gasteiger partial charge in [-0.15, -0.1) is 0 Å². The van der Waals surface area contributed by atoms with E-state index in [0.717, 1.165) is 17.6 Å². The van der Waals surface area contributed by atoms with E-state index in [0.29, 0.717) is 24.4 Å². The van der Waals surface area contributed by atoms with Crippen molar-refractivity contribution in [2.24, 2.45) is 11.8 Å². The van der Waals surface area contributed by atoms with Crippen molar-refractivity contribution in [3.8, 4) is 0 Å².